The predicted octanol–water partition coefficient (Wildman–Crippen LogP) is 5.03. The highest BCUT2D eigenvalue weighted by molar-refractivity contribution is 7.92. The minimum atomic E-state index is -3.17. The third-order valence-electron chi connectivity index (χ3n) is 11.7. The van der Waals surface area contributed by atoms with Crippen LogP contribution in [0.15, 0.2) is 53.4 Å². The number of nitrogens with zero attached hydrogens (tertiary/aromatic N) is 3. The Labute approximate surface area is 277 Å². The first-order chi connectivity index (χ1) is 22.7. The van der Waals surface area contributed by atoms with Gasteiger partial charge in [0.2, 0.25) is 0 Å². The van der Waals surface area contributed by atoms with Crippen molar-refractivity contribution in [1.29, 1.82) is 0 Å². The first kappa shape index (κ1) is 32.8. The summed E-state index contributed by atoms with van der Waals surface area (Å²) in [5.41, 5.74) is 1.61. The van der Waals surface area contributed by atoms with Crippen LogP contribution in [0.25, 0.3) is 0 Å². The van der Waals surface area contributed by atoms with Crippen LogP contribution in [0.2, 0.25) is 0 Å². The maximum atomic E-state index is 14.9. The summed E-state index contributed by atoms with van der Waals surface area (Å²) in [6.07, 6.45) is 4.92. The Balaban J connectivity index is 1.03. The van der Waals surface area contributed by atoms with Crippen molar-refractivity contribution >= 4 is 21.6 Å². The molecule has 256 valence electrons. The average molecular weight is 671 g/mol. The van der Waals surface area contributed by atoms with E-state index in [0.29, 0.717) is 30.4 Å². The molecule has 7 rings (SSSR count). The van der Waals surface area contributed by atoms with Gasteiger partial charge in [0.25, 0.3) is 0 Å². The molecule has 0 unspecified atom stereocenters. The molecular weight excluding hydrogens is 622 g/mol. The molecule has 0 radical (unpaired) electrons. The van der Waals surface area contributed by atoms with Crippen LogP contribution in [0.1, 0.15) is 50.5 Å². The molecule has 0 aromatic heterocycles. The summed E-state index contributed by atoms with van der Waals surface area (Å²) in [6, 6.07) is 14.3. The van der Waals surface area contributed by atoms with E-state index in [1.807, 2.05) is 18.2 Å². The van der Waals surface area contributed by atoms with Gasteiger partial charge in [-0.25, -0.2) is 22.0 Å². The van der Waals surface area contributed by atoms with E-state index in [0.717, 1.165) is 88.9 Å². The Morgan fingerprint density at radius 1 is 0.957 bits per heavy atom. The number of alkyl carbamates (subject to hydrolysis) is 1. The van der Waals surface area contributed by atoms with Crippen LogP contribution in [0.3, 0.4) is 0 Å². The molecule has 11 heteroatoms. The number of alkyl halides is 1. The quantitative estimate of drug-likeness (QED) is 0.360. The van der Waals surface area contributed by atoms with E-state index >= 15 is 0 Å². The maximum absolute atomic E-state index is 14.9. The molecule has 3 atom stereocenters. The van der Waals surface area contributed by atoms with E-state index < -0.39 is 27.5 Å². The Morgan fingerprint density at radius 2 is 1.68 bits per heavy atom. The highest BCUT2D eigenvalue weighted by Gasteiger charge is 2.53. The van der Waals surface area contributed by atoms with E-state index in [4.69, 9.17) is 4.74 Å². The second-order valence-electron chi connectivity index (χ2n) is 14.7. The lowest BCUT2D eigenvalue weighted by Gasteiger charge is -2.54. The number of likely N-dealkylation sites (tertiary alicyclic amines) is 2. The van der Waals surface area contributed by atoms with E-state index in [9.17, 15) is 22.0 Å². The zero-order valence-corrected chi connectivity index (χ0v) is 28.1. The molecule has 0 spiro atoms. The van der Waals surface area contributed by atoms with Crippen molar-refractivity contribution in [2.45, 2.75) is 72.7 Å². The number of hydrogen-bond acceptors (Lipinski definition) is 7. The molecule has 5 aliphatic rings. The van der Waals surface area contributed by atoms with Crippen molar-refractivity contribution in [3.63, 3.8) is 0 Å². The molecule has 1 N–H and O–H groups in total. The lowest BCUT2D eigenvalue weighted by molar-refractivity contribution is -0.00814. The monoisotopic (exact) mass is 670 g/mol. The third-order valence-corrected chi connectivity index (χ3v) is 14.0. The summed E-state index contributed by atoms with van der Waals surface area (Å²) in [7, 11) is -1.79. The number of piperidine rings is 1. The van der Waals surface area contributed by atoms with Crippen LogP contribution in [0.5, 0.6) is 0 Å². The highest BCUT2D eigenvalue weighted by Crippen LogP contribution is 2.51. The van der Waals surface area contributed by atoms with Gasteiger partial charge in [-0.05, 0) is 105 Å². The number of rotatable bonds is 11. The van der Waals surface area contributed by atoms with Gasteiger partial charge in [0.1, 0.15) is 12.0 Å². The largest absolute Gasteiger partial charge is 0.453 e. The molecule has 3 aliphatic heterocycles. The van der Waals surface area contributed by atoms with Gasteiger partial charge in [-0.1, -0.05) is 18.6 Å². The normalized spacial score (nSPS) is 26.4. The predicted molar refractivity (Wildman–Crippen MR) is 178 cm³/mol. The Hall–Kier alpha value is -2.76. The van der Waals surface area contributed by atoms with Gasteiger partial charge in [-0.3, -0.25) is 4.90 Å². The fourth-order valence-corrected chi connectivity index (χ4v) is 10.8. The summed E-state index contributed by atoms with van der Waals surface area (Å²) >= 11 is 0. The fraction of sp³-hybridized carbons (Fsp3) is 0.639. The van der Waals surface area contributed by atoms with E-state index in [1.165, 1.54) is 13.2 Å². The van der Waals surface area contributed by atoms with Gasteiger partial charge in [0.05, 0.1) is 17.3 Å². The first-order valence-electron chi connectivity index (χ1n) is 17.4. The van der Waals surface area contributed by atoms with Crippen molar-refractivity contribution in [2.24, 2.45) is 17.8 Å². The molecule has 1 amide bonds. The van der Waals surface area contributed by atoms with E-state index in [2.05, 4.69) is 20.0 Å². The van der Waals surface area contributed by atoms with Crippen LogP contribution in [-0.4, -0.2) is 101 Å². The van der Waals surface area contributed by atoms with Crippen LogP contribution >= 0.6 is 0 Å². The number of carbonyl (C=O) groups is 1. The van der Waals surface area contributed by atoms with Crippen LogP contribution in [0, 0.1) is 23.6 Å². The minimum absolute atomic E-state index is 0.0875. The number of sulfone groups is 1. The van der Waals surface area contributed by atoms with Gasteiger partial charge >= 0.3 is 6.09 Å². The lowest BCUT2D eigenvalue weighted by Crippen LogP contribution is -2.62. The highest BCUT2D eigenvalue weighted by atomic mass is 32.2. The van der Waals surface area contributed by atoms with Gasteiger partial charge in [-0.15, -0.1) is 0 Å². The SMILES string of the molecule is COC(=O)N[C@H]1CCC[C@@H]1[C@](CN1CC(F)C1)(c1cccc(F)c1)C1CCN(CC2CN(c3ccc(S(=O)(=O)C4CC4)cc3)C2)CC1. The summed E-state index contributed by atoms with van der Waals surface area (Å²) in [4.78, 5) is 19.9. The van der Waals surface area contributed by atoms with Crippen molar-refractivity contribution in [2.75, 3.05) is 64.4 Å². The van der Waals surface area contributed by atoms with Gasteiger partial charge in [0.15, 0.2) is 9.84 Å². The fourth-order valence-electron chi connectivity index (χ4n) is 9.14. The summed E-state index contributed by atoms with van der Waals surface area (Å²) in [6.45, 7) is 6.25. The molecule has 3 saturated heterocycles. The van der Waals surface area contributed by atoms with Crippen LogP contribution in [-0.2, 0) is 20.0 Å². The van der Waals surface area contributed by atoms with Crippen molar-refractivity contribution in [3.8, 4) is 0 Å². The Bertz CT molecular complexity index is 1520. The molecule has 8 nitrogen and oxygen atoms in total. The maximum Gasteiger partial charge on any atom is 0.407 e. The molecule has 2 aliphatic carbocycles. The van der Waals surface area contributed by atoms with E-state index in [1.54, 1.807) is 24.3 Å². The average Bonchev–Trinajstić information content (AvgIpc) is 3.81. The van der Waals surface area contributed by atoms with Gasteiger partial charge in [-0.2, -0.15) is 0 Å². The van der Waals surface area contributed by atoms with Crippen molar-refractivity contribution in [3.05, 3.63) is 59.9 Å². The van der Waals surface area contributed by atoms with Gasteiger partial charge < -0.3 is 19.9 Å². The van der Waals surface area contributed by atoms with E-state index in [-0.39, 0.29) is 28.9 Å². The summed E-state index contributed by atoms with van der Waals surface area (Å²) in [5.74, 6) is 0.623. The Morgan fingerprint density at radius 3 is 2.32 bits per heavy atom. The first-order valence-corrected chi connectivity index (χ1v) is 19.0. The topological polar surface area (TPSA) is 82.2 Å². The number of anilines is 1. The number of hydrogen-bond donors (Lipinski definition) is 1. The smallest absolute Gasteiger partial charge is 0.407 e. The zero-order chi connectivity index (χ0) is 32.8. The third kappa shape index (κ3) is 6.64. The number of nitrogens with one attached hydrogen (secondary N) is 1. The molecule has 3 heterocycles. The molecule has 2 saturated carbocycles. The summed E-state index contributed by atoms with van der Waals surface area (Å²) < 4.78 is 59.2. The van der Waals surface area contributed by atoms with Gasteiger partial charge in [0, 0.05) is 62.3 Å². The number of benzene rings is 2. The van der Waals surface area contributed by atoms with Crippen LogP contribution < -0.4 is 10.2 Å². The van der Waals surface area contributed by atoms with Crippen molar-refractivity contribution < 1.29 is 26.7 Å². The van der Waals surface area contributed by atoms with Crippen LogP contribution in [0.4, 0.5) is 19.3 Å². The number of halogens is 2. The summed E-state index contributed by atoms with van der Waals surface area (Å²) in [5, 5.41) is 2.92. The second-order valence-corrected chi connectivity index (χ2v) is 16.9. The number of amides is 1. The molecule has 2 aromatic carbocycles. The standard InChI is InChI=1S/C36H48F2N4O4S/c1-46-35(43)39-34-7-3-6-33(34)36(24-41-22-29(38)23-41,27-4-2-5-28(37)18-27)26-14-16-40(17-15-26)19-25-20-42(21-25)30-8-10-31(11-9-30)47(44,45)32-12-13-32/h2,4-5,8-11,18,25-26,29,32-34H,3,6-7,12-17,19-24H2,1H3,(H,39,43)/t33-,34-,36-/m0/s1. The lowest BCUT2D eigenvalue weighted by atomic mass is 9.57. The minimum Gasteiger partial charge on any atom is -0.453 e. The second kappa shape index (κ2) is 13.3. The molecule has 47 heavy (non-hydrogen) atoms. The van der Waals surface area contributed by atoms with Crippen molar-refractivity contribution in [1.82, 2.24) is 15.1 Å². The molecule has 0 bridgehead atoms. The Kier molecular flexibility index (Phi) is 9.25. The number of ether oxygens (including phenoxy) is 1. The molecular formula is C36H48F2N4O4S. The molecule has 2 aromatic rings. The number of methoxy groups -OCH3 is 1. The zero-order valence-electron chi connectivity index (χ0n) is 27.3. The molecule has 5 fully saturated rings. The number of carbonyl (C=O) groups excluding carboxylic acids is 1.